The number of carbonyl (C=O) groups excluding carboxylic acids is 1. The van der Waals surface area contributed by atoms with Gasteiger partial charge < -0.3 is 4.90 Å². The Kier molecular flexibility index (Phi) is 5.94. The van der Waals surface area contributed by atoms with Crippen LogP contribution in [-0.2, 0) is 12.6 Å². The average Bonchev–Trinajstić information content (AvgIpc) is 3.16. The number of benzene rings is 1. The Morgan fingerprint density at radius 2 is 1.87 bits per heavy atom. The molecule has 30 heavy (non-hydrogen) atoms. The third-order valence-corrected chi connectivity index (χ3v) is 5.10. The van der Waals surface area contributed by atoms with E-state index in [4.69, 9.17) is 0 Å². The summed E-state index contributed by atoms with van der Waals surface area (Å²) in [5.74, 6) is -0.287. The highest BCUT2D eigenvalue weighted by Gasteiger charge is 2.35. The molecule has 0 saturated heterocycles. The second kappa shape index (κ2) is 8.14. The number of aryl methyl sites for hydroxylation is 1. The normalized spacial score (nSPS) is 16.2. The second-order valence-corrected chi connectivity index (χ2v) is 7.05. The van der Waals surface area contributed by atoms with Gasteiger partial charge in [-0.25, -0.2) is 0 Å². The van der Waals surface area contributed by atoms with Gasteiger partial charge in [-0.05, 0) is 55.3 Å². The predicted molar refractivity (Wildman–Crippen MR) is 113 cm³/mol. The Balaban J connectivity index is 0.00000256. The molecule has 0 spiro atoms. The maximum Gasteiger partial charge on any atom is 0.416 e. The number of aromatic nitrogens is 3. The van der Waals surface area contributed by atoms with E-state index in [0.29, 0.717) is 23.5 Å². The maximum absolute atomic E-state index is 13.3. The molecule has 1 aliphatic heterocycles. The number of nitrogens with zero attached hydrogens (tertiary/aromatic N) is 4. The van der Waals surface area contributed by atoms with Crippen molar-refractivity contribution in [3.8, 4) is 11.1 Å². The van der Waals surface area contributed by atoms with E-state index < -0.39 is 11.7 Å². The molecule has 3 aromatic rings. The van der Waals surface area contributed by atoms with Gasteiger partial charge in [-0.1, -0.05) is 6.92 Å². The molecular formula is C21H21F3N4OS. The fraction of sp³-hybridized carbons (Fsp3) is 0.286. The Morgan fingerprint density at radius 3 is 2.50 bits per heavy atom. The first-order valence-electron chi connectivity index (χ1n) is 9.31. The van der Waals surface area contributed by atoms with Crippen LogP contribution in [0.3, 0.4) is 0 Å². The number of hydrogen-bond acceptors (Lipinski definition) is 3. The molecule has 0 N–H and O–H groups in total. The lowest BCUT2D eigenvalue weighted by molar-refractivity contribution is -0.137. The van der Waals surface area contributed by atoms with E-state index in [2.05, 4.69) is 10.1 Å². The molecule has 1 amide bonds. The minimum Gasteiger partial charge on any atom is -0.305 e. The number of halogens is 3. The first kappa shape index (κ1) is 21.9. The van der Waals surface area contributed by atoms with Crippen molar-refractivity contribution in [2.45, 2.75) is 32.5 Å². The third-order valence-electron chi connectivity index (χ3n) is 5.10. The summed E-state index contributed by atoms with van der Waals surface area (Å²) in [5.41, 5.74) is 2.55. The zero-order chi connectivity index (χ0) is 20.8. The lowest BCUT2D eigenvalue weighted by Gasteiger charge is -2.32. The molecule has 3 heterocycles. The van der Waals surface area contributed by atoms with Crippen molar-refractivity contribution >= 4 is 25.1 Å². The molecule has 0 radical (unpaired) electrons. The van der Waals surface area contributed by atoms with E-state index in [1.807, 2.05) is 26.0 Å². The molecule has 1 aliphatic rings. The lowest BCUT2D eigenvalue weighted by atomic mass is 10.0. The second-order valence-electron chi connectivity index (χ2n) is 7.05. The molecule has 1 aromatic carbocycles. The first-order chi connectivity index (χ1) is 13.8. The zero-order valence-corrected chi connectivity index (χ0v) is 17.4. The van der Waals surface area contributed by atoms with Gasteiger partial charge in [0.2, 0.25) is 0 Å². The molecule has 2 aromatic heterocycles. The Hall–Kier alpha value is -2.81. The highest BCUT2D eigenvalue weighted by Crippen LogP contribution is 2.34. The van der Waals surface area contributed by atoms with Gasteiger partial charge in [0.25, 0.3) is 5.91 Å². The van der Waals surface area contributed by atoms with Gasteiger partial charge in [0, 0.05) is 29.7 Å². The van der Waals surface area contributed by atoms with Crippen molar-refractivity contribution in [1.29, 1.82) is 0 Å². The molecule has 0 fully saturated rings. The van der Waals surface area contributed by atoms with Crippen LogP contribution in [0, 0.1) is 0 Å². The van der Waals surface area contributed by atoms with Crippen molar-refractivity contribution in [1.82, 2.24) is 14.8 Å². The summed E-state index contributed by atoms with van der Waals surface area (Å²) < 4.78 is 40.3. The number of hydrogen-bond donors (Lipinski definition) is 0. The van der Waals surface area contributed by atoms with Crippen LogP contribution >= 0.6 is 13.5 Å². The molecule has 158 valence electrons. The number of amides is 1. The molecule has 1 atom stereocenters. The van der Waals surface area contributed by atoms with E-state index in [1.165, 1.54) is 17.0 Å². The van der Waals surface area contributed by atoms with E-state index in [1.54, 1.807) is 17.1 Å². The summed E-state index contributed by atoms with van der Waals surface area (Å²) >= 11 is 0. The van der Waals surface area contributed by atoms with Gasteiger partial charge in [-0.15, -0.1) is 0 Å². The summed E-state index contributed by atoms with van der Waals surface area (Å²) in [7, 11) is 0. The Labute approximate surface area is 179 Å². The summed E-state index contributed by atoms with van der Waals surface area (Å²) in [6.07, 6.45) is -0.293. The third kappa shape index (κ3) is 3.81. The first-order valence-corrected chi connectivity index (χ1v) is 9.31. The summed E-state index contributed by atoms with van der Waals surface area (Å²) in [5, 5.41) is 4.39. The van der Waals surface area contributed by atoms with Gasteiger partial charge in [-0.2, -0.15) is 31.8 Å². The SMILES string of the molecule is CCc1cc(-c2cnn3c2C(=O)N(c2ccc(C(F)(F)F)cc2)C[C@@H]3C)ccn1.S. The van der Waals surface area contributed by atoms with Gasteiger partial charge in [0.05, 0.1) is 17.8 Å². The van der Waals surface area contributed by atoms with Gasteiger partial charge in [0.15, 0.2) is 0 Å². The topological polar surface area (TPSA) is 51.0 Å². The molecule has 0 bridgehead atoms. The number of anilines is 1. The quantitative estimate of drug-likeness (QED) is 0.592. The number of fused-ring (bicyclic) bond motifs is 1. The highest BCUT2D eigenvalue weighted by molar-refractivity contribution is 7.59. The van der Waals surface area contributed by atoms with Crippen molar-refractivity contribution in [3.63, 3.8) is 0 Å². The van der Waals surface area contributed by atoms with Crippen LogP contribution in [0.1, 0.15) is 41.6 Å². The number of carbonyl (C=O) groups is 1. The van der Waals surface area contributed by atoms with Gasteiger partial charge in [0.1, 0.15) is 5.69 Å². The average molecular weight is 434 g/mol. The monoisotopic (exact) mass is 434 g/mol. The van der Waals surface area contributed by atoms with E-state index in [0.717, 1.165) is 29.8 Å². The lowest BCUT2D eigenvalue weighted by Crippen LogP contribution is -2.42. The molecule has 9 heteroatoms. The Bertz CT molecular complexity index is 1060. The van der Waals surface area contributed by atoms with Crippen LogP contribution in [0.5, 0.6) is 0 Å². The van der Waals surface area contributed by atoms with E-state index in [-0.39, 0.29) is 25.4 Å². The van der Waals surface area contributed by atoms with Crippen LogP contribution < -0.4 is 4.90 Å². The number of rotatable bonds is 3. The summed E-state index contributed by atoms with van der Waals surface area (Å²) in [6.45, 7) is 4.25. The standard InChI is InChI=1S/C21H19F3N4O.H2S/c1-3-16-10-14(8-9-25-16)18-11-26-28-13(2)12-27(20(29)19(18)28)17-6-4-15(5-7-17)21(22,23)24;/h4-11,13H,3,12H2,1-2H3;1H2/t13-;/m0./s1. The van der Waals surface area contributed by atoms with Crippen LogP contribution in [0.25, 0.3) is 11.1 Å². The molecule has 0 unspecified atom stereocenters. The fourth-order valence-corrected chi connectivity index (χ4v) is 3.57. The zero-order valence-electron chi connectivity index (χ0n) is 16.4. The number of pyridine rings is 1. The van der Waals surface area contributed by atoms with E-state index >= 15 is 0 Å². The van der Waals surface area contributed by atoms with Gasteiger partial charge >= 0.3 is 6.18 Å². The van der Waals surface area contributed by atoms with Gasteiger partial charge in [-0.3, -0.25) is 14.5 Å². The summed E-state index contributed by atoms with van der Waals surface area (Å²) in [6, 6.07) is 8.29. The van der Waals surface area contributed by atoms with Crippen LogP contribution in [0.15, 0.2) is 48.8 Å². The fourth-order valence-electron chi connectivity index (χ4n) is 3.57. The number of alkyl halides is 3. The smallest absolute Gasteiger partial charge is 0.305 e. The van der Waals surface area contributed by atoms with Crippen molar-refractivity contribution in [2.75, 3.05) is 11.4 Å². The molecule has 0 saturated carbocycles. The van der Waals surface area contributed by atoms with Crippen LogP contribution in [0.4, 0.5) is 18.9 Å². The van der Waals surface area contributed by atoms with Crippen LogP contribution in [0.2, 0.25) is 0 Å². The molecule has 0 aliphatic carbocycles. The molecular weight excluding hydrogens is 413 g/mol. The maximum atomic E-state index is 13.3. The van der Waals surface area contributed by atoms with E-state index in [9.17, 15) is 18.0 Å². The molecule has 4 rings (SSSR count). The van der Waals surface area contributed by atoms with Crippen molar-refractivity contribution < 1.29 is 18.0 Å². The largest absolute Gasteiger partial charge is 0.416 e. The minimum atomic E-state index is -4.41. The predicted octanol–water partition coefficient (Wildman–Crippen LogP) is 4.86. The Morgan fingerprint density at radius 1 is 1.17 bits per heavy atom. The highest BCUT2D eigenvalue weighted by atomic mass is 32.1. The molecule has 5 nitrogen and oxygen atoms in total. The summed E-state index contributed by atoms with van der Waals surface area (Å²) in [4.78, 5) is 19.1. The van der Waals surface area contributed by atoms with Crippen molar-refractivity contribution in [3.05, 3.63) is 65.7 Å². The minimum absolute atomic E-state index is 0. The van der Waals surface area contributed by atoms with Crippen molar-refractivity contribution in [2.24, 2.45) is 0 Å². The van der Waals surface area contributed by atoms with Crippen LogP contribution in [-0.4, -0.2) is 27.2 Å².